The van der Waals surface area contributed by atoms with E-state index in [2.05, 4.69) is 44.0 Å². The van der Waals surface area contributed by atoms with Crippen molar-refractivity contribution in [3.8, 4) is 0 Å². The predicted molar refractivity (Wildman–Crippen MR) is 106 cm³/mol. The highest BCUT2D eigenvalue weighted by molar-refractivity contribution is 5.67. The normalized spacial score (nSPS) is 14.8. The first kappa shape index (κ1) is 16.3. The molecule has 1 aliphatic rings. The fourth-order valence-electron chi connectivity index (χ4n) is 3.10. The molecule has 0 unspecified atom stereocenters. The zero-order chi connectivity index (χ0) is 17.6. The second-order valence-corrected chi connectivity index (χ2v) is 6.20. The molecular weight excluding hydrogens is 322 g/mol. The van der Waals surface area contributed by atoms with Gasteiger partial charge in [-0.25, -0.2) is 9.97 Å². The number of piperazine rings is 1. The Morgan fingerprint density at radius 2 is 1.46 bits per heavy atom. The molecule has 0 N–H and O–H groups in total. The van der Waals surface area contributed by atoms with Crippen LogP contribution in [0.3, 0.4) is 0 Å². The highest BCUT2D eigenvalue weighted by Crippen LogP contribution is 2.18. The number of pyridine rings is 1. The van der Waals surface area contributed by atoms with Crippen LogP contribution in [0.15, 0.2) is 67.1 Å². The zero-order valence-electron chi connectivity index (χ0n) is 14.6. The number of hydrogen-bond donors (Lipinski definition) is 0. The highest BCUT2D eigenvalue weighted by atomic mass is 15.3. The van der Waals surface area contributed by atoms with E-state index in [1.807, 2.05) is 55.0 Å². The summed E-state index contributed by atoms with van der Waals surface area (Å²) < 4.78 is 0. The quantitative estimate of drug-likeness (QED) is 0.727. The molecule has 2 aromatic heterocycles. The lowest BCUT2D eigenvalue weighted by Crippen LogP contribution is -2.46. The summed E-state index contributed by atoms with van der Waals surface area (Å²) in [5, 5.41) is 0. The molecule has 1 fully saturated rings. The first-order valence-corrected chi connectivity index (χ1v) is 8.84. The van der Waals surface area contributed by atoms with Crippen molar-refractivity contribution in [3.05, 3.63) is 78.5 Å². The first-order chi connectivity index (χ1) is 12.9. The second-order valence-electron chi connectivity index (χ2n) is 6.20. The van der Waals surface area contributed by atoms with E-state index in [-0.39, 0.29) is 0 Å². The summed E-state index contributed by atoms with van der Waals surface area (Å²) in [6.07, 6.45) is 9.53. The molecule has 5 heteroatoms. The Balaban J connectivity index is 1.42. The minimum absolute atomic E-state index is 0.739. The average molecular weight is 343 g/mol. The van der Waals surface area contributed by atoms with E-state index in [0.717, 1.165) is 43.4 Å². The van der Waals surface area contributed by atoms with Crippen molar-refractivity contribution in [3.63, 3.8) is 0 Å². The summed E-state index contributed by atoms with van der Waals surface area (Å²) in [7, 11) is 0. The maximum atomic E-state index is 4.71. The molecule has 0 aliphatic carbocycles. The van der Waals surface area contributed by atoms with Gasteiger partial charge in [-0.3, -0.25) is 4.98 Å². The molecule has 5 nitrogen and oxygen atoms in total. The zero-order valence-corrected chi connectivity index (χ0v) is 14.6. The van der Waals surface area contributed by atoms with Gasteiger partial charge >= 0.3 is 0 Å². The number of anilines is 2. The van der Waals surface area contributed by atoms with Crippen molar-refractivity contribution in [1.29, 1.82) is 0 Å². The Hall–Kier alpha value is -3.21. The van der Waals surface area contributed by atoms with Gasteiger partial charge in [0.25, 0.3) is 0 Å². The van der Waals surface area contributed by atoms with Crippen molar-refractivity contribution >= 4 is 23.7 Å². The van der Waals surface area contributed by atoms with Gasteiger partial charge in [-0.1, -0.05) is 36.4 Å². The van der Waals surface area contributed by atoms with Crippen LogP contribution in [-0.4, -0.2) is 41.1 Å². The Morgan fingerprint density at radius 3 is 2.23 bits per heavy atom. The van der Waals surface area contributed by atoms with E-state index in [4.69, 9.17) is 4.98 Å². The monoisotopic (exact) mass is 343 g/mol. The average Bonchev–Trinajstić information content (AvgIpc) is 2.74. The number of rotatable bonds is 4. The molecule has 130 valence electrons. The number of benzene rings is 1. The van der Waals surface area contributed by atoms with Crippen molar-refractivity contribution in [2.75, 3.05) is 36.0 Å². The van der Waals surface area contributed by atoms with Crippen LogP contribution in [-0.2, 0) is 0 Å². The Bertz CT molecular complexity index is 856. The number of aromatic nitrogens is 3. The van der Waals surface area contributed by atoms with Crippen molar-refractivity contribution in [1.82, 2.24) is 15.0 Å². The van der Waals surface area contributed by atoms with E-state index in [0.29, 0.717) is 0 Å². The van der Waals surface area contributed by atoms with Crippen LogP contribution < -0.4 is 9.80 Å². The van der Waals surface area contributed by atoms with Crippen molar-refractivity contribution in [2.45, 2.75) is 0 Å². The van der Waals surface area contributed by atoms with Crippen LogP contribution in [0, 0.1) is 0 Å². The SMILES string of the molecule is C(=C\c1nccc(N2CCN(c3ccncc3)CC2)n1)/c1ccccc1. The molecule has 0 bridgehead atoms. The Labute approximate surface area is 153 Å². The number of nitrogens with zero attached hydrogens (tertiary/aromatic N) is 5. The molecule has 1 aliphatic heterocycles. The minimum atomic E-state index is 0.739. The molecule has 0 amide bonds. The molecule has 4 rings (SSSR count). The Morgan fingerprint density at radius 1 is 0.731 bits per heavy atom. The van der Waals surface area contributed by atoms with E-state index in [9.17, 15) is 0 Å². The Kier molecular flexibility index (Phi) is 4.87. The van der Waals surface area contributed by atoms with Crippen LogP contribution in [0.4, 0.5) is 11.5 Å². The summed E-state index contributed by atoms with van der Waals surface area (Å²) in [5.74, 6) is 1.73. The van der Waals surface area contributed by atoms with Gasteiger partial charge in [0.05, 0.1) is 0 Å². The smallest absolute Gasteiger partial charge is 0.154 e. The fraction of sp³-hybridized carbons (Fsp3) is 0.190. The van der Waals surface area contributed by atoms with Gasteiger partial charge in [-0.2, -0.15) is 0 Å². The van der Waals surface area contributed by atoms with Gasteiger partial charge in [-0.05, 0) is 29.8 Å². The first-order valence-electron chi connectivity index (χ1n) is 8.84. The summed E-state index contributed by atoms with van der Waals surface area (Å²) >= 11 is 0. The maximum Gasteiger partial charge on any atom is 0.154 e. The largest absolute Gasteiger partial charge is 0.368 e. The second kappa shape index (κ2) is 7.78. The van der Waals surface area contributed by atoms with Gasteiger partial charge in [0, 0.05) is 50.5 Å². The lowest BCUT2D eigenvalue weighted by atomic mass is 10.2. The van der Waals surface area contributed by atoms with Crippen molar-refractivity contribution in [2.24, 2.45) is 0 Å². The molecule has 26 heavy (non-hydrogen) atoms. The summed E-state index contributed by atoms with van der Waals surface area (Å²) in [5.41, 5.74) is 2.38. The van der Waals surface area contributed by atoms with E-state index in [1.165, 1.54) is 5.69 Å². The van der Waals surface area contributed by atoms with Crippen LogP contribution >= 0.6 is 0 Å². The van der Waals surface area contributed by atoms with Gasteiger partial charge in [0.1, 0.15) is 5.82 Å². The standard InChI is InChI=1S/C21H21N5/c1-2-4-18(5-3-1)6-7-20-23-13-10-21(24-20)26-16-14-25(15-17-26)19-8-11-22-12-9-19/h1-13H,14-17H2/b7-6+. The predicted octanol–water partition coefficient (Wildman–Crippen LogP) is 3.37. The van der Waals surface area contributed by atoms with E-state index in [1.54, 1.807) is 0 Å². The van der Waals surface area contributed by atoms with Gasteiger partial charge < -0.3 is 9.80 Å². The van der Waals surface area contributed by atoms with Gasteiger partial charge in [0.15, 0.2) is 5.82 Å². The summed E-state index contributed by atoms with van der Waals surface area (Å²) in [6.45, 7) is 3.84. The molecule has 1 saturated heterocycles. The molecule has 3 heterocycles. The van der Waals surface area contributed by atoms with Crippen LogP contribution in [0.1, 0.15) is 11.4 Å². The molecule has 1 aromatic carbocycles. The molecule has 3 aromatic rings. The third kappa shape index (κ3) is 3.88. The molecule has 0 saturated carbocycles. The van der Waals surface area contributed by atoms with Crippen LogP contribution in [0.2, 0.25) is 0 Å². The van der Waals surface area contributed by atoms with E-state index < -0.39 is 0 Å². The minimum Gasteiger partial charge on any atom is -0.368 e. The lowest BCUT2D eigenvalue weighted by molar-refractivity contribution is 0.646. The number of hydrogen-bond acceptors (Lipinski definition) is 5. The van der Waals surface area contributed by atoms with E-state index >= 15 is 0 Å². The topological polar surface area (TPSA) is 45.2 Å². The lowest BCUT2D eigenvalue weighted by Gasteiger charge is -2.36. The summed E-state index contributed by atoms with van der Waals surface area (Å²) in [6, 6.07) is 16.3. The molecule has 0 spiro atoms. The maximum absolute atomic E-state index is 4.71. The van der Waals surface area contributed by atoms with Gasteiger partial charge in [0.2, 0.25) is 0 Å². The summed E-state index contributed by atoms with van der Waals surface area (Å²) in [4.78, 5) is 17.9. The third-order valence-electron chi connectivity index (χ3n) is 4.52. The molecule has 0 radical (unpaired) electrons. The van der Waals surface area contributed by atoms with Crippen molar-refractivity contribution < 1.29 is 0 Å². The van der Waals surface area contributed by atoms with Crippen LogP contribution in [0.25, 0.3) is 12.2 Å². The third-order valence-corrected chi connectivity index (χ3v) is 4.52. The fourth-order valence-corrected chi connectivity index (χ4v) is 3.10. The van der Waals surface area contributed by atoms with Crippen LogP contribution in [0.5, 0.6) is 0 Å². The molecule has 0 atom stereocenters. The highest BCUT2D eigenvalue weighted by Gasteiger charge is 2.18. The van der Waals surface area contributed by atoms with Gasteiger partial charge in [-0.15, -0.1) is 0 Å². The molecular formula is C21H21N5.